The van der Waals surface area contributed by atoms with E-state index in [0.717, 1.165) is 17.1 Å². The van der Waals surface area contributed by atoms with Gasteiger partial charge in [-0.1, -0.05) is 12.1 Å². The Morgan fingerprint density at radius 2 is 2.03 bits per heavy atom. The highest BCUT2D eigenvalue weighted by molar-refractivity contribution is 6.00. The first-order valence-corrected chi connectivity index (χ1v) is 11.3. The van der Waals surface area contributed by atoms with Crippen LogP contribution in [0.1, 0.15) is 30.9 Å². The van der Waals surface area contributed by atoms with Crippen LogP contribution in [-0.2, 0) is 16.1 Å². The van der Waals surface area contributed by atoms with Gasteiger partial charge in [0.2, 0.25) is 11.8 Å². The summed E-state index contributed by atoms with van der Waals surface area (Å²) in [5.41, 5.74) is 3.66. The number of anilines is 1. The zero-order valence-electron chi connectivity index (χ0n) is 18.6. The fourth-order valence-corrected chi connectivity index (χ4v) is 4.30. The van der Waals surface area contributed by atoms with Crippen LogP contribution in [0.4, 0.5) is 5.69 Å². The second-order valence-corrected chi connectivity index (χ2v) is 8.56. The zero-order valence-corrected chi connectivity index (χ0v) is 18.6. The summed E-state index contributed by atoms with van der Waals surface area (Å²) in [5.74, 6) is 0.706. The van der Waals surface area contributed by atoms with Gasteiger partial charge >= 0.3 is 0 Å². The number of carbonyl (C=O) groups excluding carboxylic acids is 2. The third-order valence-corrected chi connectivity index (χ3v) is 6.22. The molecule has 0 bridgehead atoms. The molecule has 1 atom stereocenters. The molecule has 3 heterocycles. The van der Waals surface area contributed by atoms with E-state index < -0.39 is 0 Å². The topological polar surface area (TPSA) is 89.3 Å². The molecule has 3 aromatic rings. The number of hydrogen-bond donors (Lipinski definition) is 1. The maximum atomic E-state index is 12.8. The standard InChI is InChI=1S/C25H27N5O3/c1-33-20-6-4-5-19(14-20)29-16-18(13-24(29)31)25(32)27-11-12-30-23(17-8-9-17)15-22(28-30)21-7-2-3-10-26-21/h2-7,10,14-15,17-18H,8-9,11-13,16H2,1H3,(H,27,32)/t18-/m0/s1. The molecule has 0 spiro atoms. The van der Waals surface area contributed by atoms with Crippen LogP contribution in [0.15, 0.2) is 54.7 Å². The minimum Gasteiger partial charge on any atom is -0.497 e. The van der Waals surface area contributed by atoms with E-state index in [2.05, 4.69) is 16.4 Å². The maximum Gasteiger partial charge on any atom is 0.227 e. The van der Waals surface area contributed by atoms with Gasteiger partial charge in [-0.05, 0) is 43.2 Å². The molecule has 2 aliphatic rings. The predicted molar refractivity (Wildman–Crippen MR) is 124 cm³/mol. The maximum absolute atomic E-state index is 12.8. The molecule has 2 aromatic heterocycles. The van der Waals surface area contributed by atoms with E-state index in [0.29, 0.717) is 31.3 Å². The van der Waals surface area contributed by atoms with E-state index in [4.69, 9.17) is 9.84 Å². The second-order valence-electron chi connectivity index (χ2n) is 8.56. The van der Waals surface area contributed by atoms with Gasteiger partial charge in [0.15, 0.2) is 0 Å². The first kappa shape index (κ1) is 21.2. The van der Waals surface area contributed by atoms with Crippen LogP contribution < -0.4 is 15.0 Å². The normalized spacial score (nSPS) is 17.9. The number of hydrogen-bond acceptors (Lipinski definition) is 5. The molecule has 1 aliphatic heterocycles. The van der Waals surface area contributed by atoms with Crippen LogP contribution in [0.2, 0.25) is 0 Å². The molecule has 2 fully saturated rings. The first-order chi connectivity index (χ1) is 16.1. The number of ether oxygens (including phenoxy) is 1. The van der Waals surface area contributed by atoms with Crippen LogP contribution in [0.3, 0.4) is 0 Å². The molecule has 1 aliphatic carbocycles. The van der Waals surface area contributed by atoms with Gasteiger partial charge in [0.05, 0.1) is 25.3 Å². The number of methoxy groups -OCH3 is 1. The molecule has 33 heavy (non-hydrogen) atoms. The van der Waals surface area contributed by atoms with Crippen LogP contribution in [0.5, 0.6) is 5.75 Å². The summed E-state index contributed by atoms with van der Waals surface area (Å²) in [6.45, 7) is 1.42. The first-order valence-electron chi connectivity index (χ1n) is 11.3. The van der Waals surface area contributed by atoms with Gasteiger partial charge in [-0.2, -0.15) is 5.10 Å². The number of benzene rings is 1. The fourth-order valence-electron chi connectivity index (χ4n) is 4.30. The van der Waals surface area contributed by atoms with Gasteiger partial charge in [0, 0.05) is 49.1 Å². The van der Waals surface area contributed by atoms with Crippen molar-refractivity contribution >= 4 is 17.5 Å². The Hall–Kier alpha value is -3.68. The Bertz CT molecular complexity index is 1160. The molecule has 0 unspecified atom stereocenters. The summed E-state index contributed by atoms with van der Waals surface area (Å²) in [7, 11) is 1.59. The lowest BCUT2D eigenvalue weighted by Crippen LogP contribution is -2.35. The lowest BCUT2D eigenvalue weighted by atomic mass is 10.1. The highest BCUT2D eigenvalue weighted by atomic mass is 16.5. The fraction of sp³-hybridized carbons (Fsp3) is 0.360. The monoisotopic (exact) mass is 445 g/mol. The van der Waals surface area contributed by atoms with Crippen molar-refractivity contribution in [1.29, 1.82) is 0 Å². The van der Waals surface area contributed by atoms with Crippen molar-refractivity contribution in [2.45, 2.75) is 31.7 Å². The van der Waals surface area contributed by atoms with E-state index in [1.165, 1.54) is 18.5 Å². The van der Waals surface area contributed by atoms with Crippen molar-refractivity contribution in [3.05, 3.63) is 60.4 Å². The predicted octanol–water partition coefficient (Wildman–Crippen LogP) is 3.00. The molecule has 2 amide bonds. The molecule has 1 saturated heterocycles. The molecular formula is C25H27N5O3. The molecule has 1 N–H and O–H groups in total. The van der Waals surface area contributed by atoms with E-state index in [1.807, 2.05) is 47.1 Å². The van der Waals surface area contributed by atoms with Gasteiger partial charge < -0.3 is 15.0 Å². The van der Waals surface area contributed by atoms with Crippen LogP contribution >= 0.6 is 0 Å². The molecule has 8 nitrogen and oxygen atoms in total. The van der Waals surface area contributed by atoms with Crippen molar-refractivity contribution in [2.24, 2.45) is 5.92 Å². The van der Waals surface area contributed by atoms with E-state index in [-0.39, 0.29) is 24.2 Å². The summed E-state index contributed by atoms with van der Waals surface area (Å²) in [5, 5.41) is 7.75. The Kier molecular flexibility index (Phi) is 5.81. The summed E-state index contributed by atoms with van der Waals surface area (Å²) >= 11 is 0. The average molecular weight is 446 g/mol. The van der Waals surface area contributed by atoms with Crippen molar-refractivity contribution in [3.8, 4) is 17.1 Å². The Morgan fingerprint density at radius 3 is 2.79 bits per heavy atom. The molecule has 1 saturated carbocycles. The largest absolute Gasteiger partial charge is 0.497 e. The third-order valence-electron chi connectivity index (χ3n) is 6.22. The summed E-state index contributed by atoms with van der Waals surface area (Å²) in [6.07, 6.45) is 4.32. The molecule has 0 radical (unpaired) electrons. The number of nitrogens with one attached hydrogen (secondary N) is 1. The number of carbonyl (C=O) groups is 2. The zero-order chi connectivity index (χ0) is 22.8. The average Bonchev–Trinajstić information content (AvgIpc) is 3.49. The van der Waals surface area contributed by atoms with Crippen LogP contribution in [-0.4, -0.2) is 46.8 Å². The number of nitrogens with zero attached hydrogens (tertiary/aromatic N) is 4. The second kappa shape index (κ2) is 9.05. The number of amides is 2. The molecule has 1 aromatic carbocycles. The van der Waals surface area contributed by atoms with Crippen molar-refractivity contribution in [1.82, 2.24) is 20.1 Å². The van der Waals surface area contributed by atoms with Crippen molar-refractivity contribution < 1.29 is 14.3 Å². The van der Waals surface area contributed by atoms with Crippen LogP contribution in [0, 0.1) is 5.92 Å². The van der Waals surface area contributed by atoms with Crippen molar-refractivity contribution in [2.75, 3.05) is 25.1 Å². The summed E-state index contributed by atoms with van der Waals surface area (Å²) in [4.78, 5) is 31.4. The van der Waals surface area contributed by atoms with Gasteiger partial charge in [-0.15, -0.1) is 0 Å². The highest BCUT2D eigenvalue weighted by Gasteiger charge is 2.35. The van der Waals surface area contributed by atoms with Crippen LogP contribution in [0.25, 0.3) is 11.4 Å². The summed E-state index contributed by atoms with van der Waals surface area (Å²) in [6, 6.07) is 15.3. The lowest BCUT2D eigenvalue weighted by Gasteiger charge is -2.17. The Morgan fingerprint density at radius 1 is 1.15 bits per heavy atom. The molecular weight excluding hydrogens is 418 g/mol. The van der Waals surface area contributed by atoms with Gasteiger partial charge in [-0.3, -0.25) is 19.3 Å². The summed E-state index contributed by atoms with van der Waals surface area (Å²) < 4.78 is 7.24. The Balaban J connectivity index is 1.20. The minimum atomic E-state index is -0.367. The third kappa shape index (κ3) is 4.60. The minimum absolute atomic E-state index is 0.0495. The smallest absolute Gasteiger partial charge is 0.227 e. The Labute approximate surface area is 192 Å². The quantitative estimate of drug-likeness (QED) is 0.576. The van der Waals surface area contributed by atoms with E-state index in [9.17, 15) is 9.59 Å². The SMILES string of the molecule is COc1cccc(N2C[C@@H](C(=O)NCCn3nc(-c4ccccn4)cc3C3CC3)CC2=O)c1. The highest BCUT2D eigenvalue weighted by Crippen LogP contribution is 2.41. The van der Waals surface area contributed by atoms with Gasteiger partial charge in [0.25, 0.3) is 0 Å². The molecule has 8 heteroatoms. The number of aromatic nitrogens is 3. The number of rotatable bonds is 8. The van der Waals surface area contributed by atoms with E-state index in [1.54, 1.807) is 18.2 Å². The van der Waals surface area contributed by atoms with Crippen molar-refractivity contribution in [3.63, 3.8) is 0 Å². The van der Waals surface area contributed by atoms with Gasteiger partial charge in [-0.25, -0.2) is 0 Å². The lowest BCUT2D eigenvalue weighted by molar-refractivity contribution is -0.126. The molecule has 5 rings (SSSR count). The van der Waals surface area contributed by atoms with Gasteiger partial charge in [0.1, 0.15) is 11.4 Å². The van der Waals surface area contributed by atoms with E-state index >= 15 is 0 Å². The number of pyridine rings is 1. The molecule has 170 valence electrons.